The third-order valence-corrected chi connectivity index (χ3v) is 4.68. The Kier molecular flexibility index (Phi) is 5.71. The molecule has 1 aliphatic carbocycles. The molecule has 1 atom stereocenters. The lowest BCUT2D eigenvalue weighted by Crippen LogP contribution is -2.32. The van der Waals surface area contributed by atoms with E-state index in [1.54, 1.807) is 0 Å². The SMILES string of the molecule is C[C@@H](NC1CCCCCCC1)c1ccccc1Br. The van der Waals surface area contributed by atoms with Crippen molar-refractivity contribution in [2.45, 2.75) is 64.0 Å². The van der Waals surface area contributed by atoms with E-state index >= 15 is 0 Å². The van der Waals surface area contributed by atoms with E-state index in [1.165, 1.54) is 55.0 Å². The van der Waals surface area contributed by atoms with Gasteiger partial charge in [-0.25, -0.2) is 0 Å². The maximum absolute atomic E-state index is 3.81. The van der Waals surface area contributed by atoms with E-state index in [9.17, 15) is 0 Å². The largest absolute Gasteiger partial charge is 0.307 e. The summed E-state index contributed by atoms with van der Waals surface area (Å²) in [7, 11) is 0. The molecule has 1 saturated carbocycles. The molecule has 0 aromatic heterocycles. The van der Waals surface area contributed by atoms with Crippen molar-refractivity contribution in [3.63, 3.8) is 0 Å². The molecule has 1 N–H and O–H groups in total. The van der Waals surface area contributed by atoms with Gasteiger partial charge in [0.15, 0.2) is 0 Å². The van der Waals surface area contributed by atoms with Crippen molar-refractivity contribution in [1.29, 1.82) is 0 Å². The van der Waals surface area contributed by atoms with Gasteiger partial charge < -0.3 is 5.32 Å². The molecule has 0 bridgehead atoms. The van der Waals surface area contributed by atoms with Gasteiger partial charge in [0.1, 0.15) is 0 Å². The van der Waals surface area contributed by atoms with Gasteiger partial charge in [0.2, 0.25) is 0 Å². The van der Waals surface area contributed by atoms with Gasteiger partial charge >= 0.3 is 0 Å². The fourth-order valence-electron chi connectivity index (χ4n) is 2.89. The van der Waals surface area contributed by atoms with Crippen LogP contribution in [0.3, 0.4) is 0 Å². The van der Waals surface area contributed by atoms with Crippen LogP contribution >= 0.6 is 15.9 Å². The maximum atomic E-state index is 3.81. The Balaban J connectivity index is 1.93. The molecule has 0 heterocycles. The number of rotatable bonds is 3. The Morgan fingerprint density at radius 1 is 1.06 bits per heavy atom. The predicted octanol–water partition coefficient (Wildman–Crippen LogP) is 5.21. The molecule has 2 rings (SSSR count). The molecule has 0 aliphatic heterocycles. The number of halogens is 1. The number of nitrogens with one attached hydrogen (secondary N) is 1. The van der Waals surface area contributed by atoms with Gasteiger partial charge in [0, 0.05) is 16.6 Å². The lowest BCUT2D eigenvalue weighted by Gasteiger charge is -2.26. The van der Waals surface area contributed by atoms with Gasteiger partial charge in [-0.05, 0) is 31.4 Å². The third kappa shape index (κ3) is 4.10. The van der Waals surface area contributed by atoms with Gasteiger partial charge in [-0.3, -0.25) is 0 Å². The first-order chi connectivity index (χ1) is 8.77. The van der Waals surface area contributed by atoms with Crippen LogP contribution in [0, 0.1) is 0 Å². The summed E-state index contributed by atoms with van der Waals surface area (Å²) >= 11 is 3.65. The molecule has 1 aromatic rings. The van der Waals surface area contributed by atoms with Crippen LogP contribution in [0.25, 0.3) is 0 Å². The quantitative estimate of drug-likeness (QED) is 0.808. The molecular formula is C16H24BrN. The minimum absolute atomic E-state index is 0.435. The average Bonchev–Trinajstić information content (AvgIpc) is 2.33. The zero-order valence-electron chi connectivity index (χ0n) is 11.3. The Labute approximate surface area is 119 Å². The van der Waals surface area contributed by atoms with E-state index in [-0.39, 0.29) is 0 Å². The van der Waals surface area contributed by atoms with E-state index in [1.807, 2.05) is 0 Å². The van der Waals surface area contributed by atoms with E-state index < -0.39 is 0 Å². The Hall–Kier alpha value is -0.340. The molecule has 1 aromatic carbocycles. The molecule has 1 aliphatic rings. The van der Waals surface area contributed by atoms with Crippen LogP contribution in [0.5, 0.6) is 0 Å². The van der Waals surface area contributed by atoms with Gasteiger partial charge in [-0.1, -0.05) is 66.2 Å². The normalized spacial score (nSPS) is 20.1. The highest BCUT2D eigenvalue weighted by molar-refractivity contribution is 9.10. The molecule has 100 valence electrons. The zero-order valence-corrected chi connectivity index (χ0v) is 12.9. The average molecular weight is 310 g/mol. The molecule has 1 fully saturated rings. The van der Waals surface area contributed by atoms with Gasteiger partial charge in [0.25, 0.3) is 0 Å². The van der Waals surface area contributed by atoms with Crippen molar-refractivity contribution >= 4 is 15.9 Å². The molecule has 2 heteroatoms. The van der Waals surface area contributed by atoms with Crippen molar-refractivity contribution in [2.24, 2.45) is 0 Å². The summed E-state index contributed by atoms with van der Waals surface area (Å²) in [6, 6.07) is 9.68. The Morgan fingerprint density at radius 3 is 2.33 bits per heavy atom. The minimum Gasteiger partial charge on any atom is -0.307 e. The fourth-order valence-corrected chi connectivity index (χ4v) is 3.52. The fraction of sp³-hybridized carbons (Fsp3) is 0.625. The van der Waals surface area contributed by atoms with Gasteiger partial charge in [-0.15, -0.1) is 0 Å². The molecular weight excluding hydrogens is 286 g/mol. The second-order valence-electron chi connectivity index (χ2n) is 5.45. The van der Waals surface area contributed by atoms with Crippen LogP contribution < -0.4 is 5.32 Å². The molecule has 0 unspecified atom stereocenters. The monoisotopic (exact) mass is 309 g/mol. The number of hydrogen-bond donors (Lipinski definition) is 1. The summed E-state index contributed by atoms with van der Waals surface area (Å²) in [5, 5.41) is 3.81. The van der Waals surface area contributed by atoms with E-state index in [2.05, 4.69) is 52.4 Å². The third-order valence-electron chi connectivity index (χ3n) is 3.96. The van der Waals surface area contributed by atoms with Crippen LogP contribution in [0.1, 0.15) is 63.5 Å². The first kappa shape index (κ1) is 14.1. The summed E-state index contributed by atoms with van der Waals surface area (Å²) in [5.41, 5.74) is 1.37. The highest BCUT2D eigenvalue weighted by Gasteiger charge is 2.15. The van der Waals surface area contributed by atoms with Gasteiger partial charge in [-0.2, -0.15) is 0 Å². The van der Waals surface area contributed by atoms with Gasteiger partial charge in [0.05, 0.1) is 0 Å². The first-order valence-electron chi connectivity index (χ1n) is 7.28. The summed E-state index contributed by atoms with van der Waals surface area (Å²) in [6.07, 6.45) is 9.74. The summed E-state index contributed by atoms with van der Waals surface area (Å²) in [6.45, 7) is 2.28. The maximum Gasteiger partial charge on any atom is 0.0305 e. The topological polar surface area (TPSA) is 12.0 Å². The van der Waals surface area contributed by atoms with E-state index in [4.69, 9.17) is 0 Å². The molecule has 18 heavy (non-hydrogen) atoms. The highest BCUT2D eigenvalue weighted by Crippen LogP contribution is 2.25. The predicted molar refractivity (Wildman–Crippen MR) is 81.8 cm³/mol. The molecule has 1 nitrogen and oxygen atoms in total. The van der Waals surface area contributed by atoms with Crippen molar-refractivity contribution in [1.82, 2.24) is 5.32 Å². The van der Waals surface area contributed by atoms with Crippen molar-refractivity contribution < 1.29 is 0 Å². The number of benzene rings is 1. The Bertz CT molecular complexity index is 356. The summed E-state index contributed by atoms with van der Waals surface area (Å²) < 4.78 is 1.22. The second-order valence-corrected chi connectivity index (χ2v) is 6.31. The first-order valence-corrected chi connectivity index (χ1v) is 8.07. The lowest BCUT2D eigenvalue weighted by atomic mass is 9.95. The number of hydrogen-bond acceptors (Lipinski definition) is 1. The van der Waals surface area contributed by atoms with Crippen molar-refractivity contribution in [2.75, 3.05) is 0 Å². The van der Waals surface area contributed by atoms with Crippen LogP contribution in [0.2, 0.25) is 0 Å². The van der Waals surface area contributed by atoms with Crippen LogP contribution in [0.4, 0.5) is 0 Å². The molecule has 0 saturated heterocycles. The Morgan fingerprint density at radius 2 is 1.67 bits per heavy atom. The van der Waals surface area contributed by atoms with Crippen LogP contribution in [-0.4, -0.2) is 6.04 Å². The molecule has 0 radical (unpaired) electrons. The smallest absolute Gasteiger partial charge is 0.0305 e. The lowest BCUT2D eigenvalue weighted by molar-refractivity contribution is 0.362. The van der Waals surface area contributed by atoms with Crippen LogP contribution in [-0.2, 0) is 0 Å². The van der Waals surface area contributed by atoms with E-state index in [0.29, 0.717) is 12.1 Å². The molecule has 0 amide bonds. The molecule has 0 spiro atoms. The van der Waals surface area contributed by atoms with E-state index in [0.717, 1.165) is 0 Å². The van der Waals surface area contributed by atoms with Crippen molar-refractivity contribution in [3.8, 4) is 0 Å². The second kappa shape index (κ2) is 7.30. The minimum atomic E-state index is 0.435. The standard InChI is InChI=1S/C16H24BrN/c1-13(15-11-7-8-12-16(15)17)18-14-9-5-3-2-4-6-10-14/h7-8,11-14,18H,2-6,9-10H2,1H3/t13-/m1/s1. The summed E-state index contributed by atoms with van der Waals surface area (Å²) in [4.78, 5) is 0. The zero-order chi connectivity index (χ0) is 12.8. The highest BCUT2D eigenvalue weighted by atomic mass is 79.9. The van der Waals surface area contributed by atoms with Crippen LogP contribution in [0.15, 0.2) is 28.7 Å². The van der Waals surface area contributed by atoms with Crippen molar-refractivity contribution in [3.05, 3.63) is 34.3 Å². The summed E-state index contributed by atoms with van der Waals surface area (Å²) in [5.74, 6) is 0.